The maximum atomic E-state index is 5.85. The normalized spacial score (nSPS) is 13.6. The van der Waals surface area contributed by atoms with E-state index in [9.17, 15) is 0 Å². The molecule has 1 heterocycles. The average molecular weight is 320 g/mol. The van der Waals surface area contributed by atoms with Crippen LogP contribution in [0.4, 0.5) is 0 Å². The summed E-state index contributed by atoms with van der Waals surface area (Å²) in [4.78, 5) is 0. The van der Waals surface area contributed by atoms with Gasteiger partial charge in [-0.05, 0) is 23.9 Å². The number of pyridine rings is 1. The van der Waals surface area contributed by atoms with E-state index in [0.29, 0.717) is 10.5 Å². The fourth-order valence-electron chi connectivity index (χ4n) is 1.35. The zero-order valence-electron chi connectivity index (χ0n) is 11.5. The number of aryl methyl sites for hydroxylation is 1. The van der Waals surface area contributed by atoms with E-state index >= 15 is 0 Å². The molecule has 102 valence electrons. The lowest BCUT2D eigenvalue weighted by Crippen LogP contribution is -2.15. The summed E-state index contributed by atoms with van der Waals surface area (Å²) in [7, 11) is 2.01. The van der Waals surface area contributed by atoms with Crippen LogP contribution in [0.2, 0.25) is 0 Å². The molecule has 18 heavy (non-hydrogen) atoms. The molecule has 0 spiro atoms. The topological polar surface area (TPSA) is 17.3 Å². The van der Waals surface area contributed by atoms with Crippen LogP contribution in [0.15, 0.2) is 29.2 Å². The highest BCUT2D eigenvalue weighted by molar-refractivity contribution is 9.00. The smallest absolute Gasteiger partial charge is 0.164 e. The Balaban J connectivity index is 3.17. The first-order valence-corrected chi connectivity index (χ1v) is 11.7. The lowest BCUT2D eigenvalue weighted by atomic mass is 10.5. The van der Waals surface area contributed by atoms with Crippen molar-refractivity contribution in [2.24, 2.45) is 11.8 Å². The van der Waals surface area contributed by atoms with Gasteiger partial charge in [-0.2, -0.15) is 0 Å². The maximum absolute atomic E-state index is 5.85. The van der Waals surface area contributed by atoms with Crippen molar-refractivity contribution < 1.29 is 0 Å². The number of hydrogen-bond donors (Lipinski definition) is 0. The zero-order valence-corrected chi connectivity index (χ0v) is 14.9. The van der Waals surface area contributed by atoms with Crippen LogP contribution in [0.25, 0.3) is 0 Å². The van der Waals surface area contributed by atoms with Crippen LogP contribution in [0.5, 0.6) is 0 Å². The Bertz CT molecular complexity index is 480. The van der Waals surface area contributed by atoms with Gasteiger partial charge in [0, 0.05) is 23.7 Å². The van der Waals surface area contributed by atoms with Gasteiger partial charge in [0.1, 0.15) is 5.49 Å². The molecule has 0 N–H and O–H groups in total. The Kier molecular flexibility index (Phi) is 6.52. The number of nitrogens with zero attached hydrogens (tertiary/aromatic N) is 2. The SMILES string of the molecule is CC(C)SP(=S)(/N=c1\ccccn1C)SC(C)C. The van der Waals surface area contributed by atoms with Gasteiger partial charge in [-0.3, -0.25) is 0 Å². The average Bonchev–Trinajstić information content (AvgIpc) is 2.18. The summed E-state index contributed by atoms with van der Waals surface area (Å²) in [6.07, 6.45) is 2.01. The van der Waals surface area contributed by atoms with Gasteiger partial charge in [-0.1, -0.05) is 56.5 Å². The van der Waals surface area contributed by atoms with Crippen molar-refractivity contribution in [3.63, 3.8) is 0 Å². The fourth-order valence-corrected chi connectivity index (χ4v) is 14.0. The minimum atomic E-state index is -1.81. The van der Waals surface area contributed by atoms with E-state index in [1.165, 1.54) is 0 Å². The molecule has 0 aliphatic heterocycles. The Morgan fingerprint density at radius 1 is 1.17 bits per heavy atom. The summed E-state index contributed by atoms with van der Waals surface area (Å²) < 4.78 is 5.11. The molecule has 0 saturated heterocycles. The van der Waals surface area contributed by atoms with Gasteiger partial charge in [0.25, 0.3) is 0 Å². The molecule has 1 aromatic rings. The van der Waals surface area contributed by atoms with E-state index in [1.54, 1.807) is 0 Å². The van der Waals surface area contributed by atoms with E-state index in [-0.39, 0.29) is 0 Å². The lowest BCUT2D eigenvalue weighted by Gasteiger charge is -2.20. The summed E-state index contributed by atoms with van der Waals surface area (Å²) in [5, 5.41) is 1.03. The highest BCUT2D eigenvalue weighted by Gasteiger charge is 2.20. The van der Waals surface area contributed by atoms with Crippen molar-refractivity contribution in [2.75, 3.05) is 0 Å². The summed E-state index contributed by atoms with van der Waals surface area (Å²) in [6, 6.07) is 6.05. The monoisotopic (exact) mass is 320 g/mol. The Morgan fingerprint density at radius 3 is 2.17 bits per heavy atom. The van der Waals surface area contributed by atoms with Gasteiger partial charge in [0.05, 0.1) is 0 Å². The number of rotatable bonds is 5. The van der Waals surface area contributed by atoms with Crippen LogP contribution in [0.3, 0.4) is 0 Å². The van der Waals surface area contributed by atoms with Crippen LogP contribution >= 0.6 is 27.4 Å². The quantitative estimate of drug-likeness (QED) is 0.747. The first-order valence-electron chi connectivity index (χ1n) is 5.97. The molecule has 0 atom stereocenters. The Labute approximate surface area is 123 Å². The van der Waals surface area contributed by atoms with Gasteiger partial charge in [-0.25, -0.2) is 4.76 Å². The zero-order chi connectivity index (χ0) is 13.8. The van der Waals surface area contributed by atoms with E-state index in [2.05, 4.69) is 27.7 Å². The molecule has 0 aromatic carbocycles. The molecule has 0 unspecified atom stereocenters. The van der Waals surface area contributed by atoms with Crippen LogP contribution in [-0.4, -0.2) is 15.1 Å². The van der Waals surface area contributed by atoms with Crippen LogP contribution in [0, 0.1) is 0 Å². The Morgan fingerprint density at radius 2 is 1.72 bits per heavy atom. The highest BCUT2D eigenvalue weighted by atomic mass is 33.2. The minimum absolute atomic E-state index is 0.514. The third kappa shape index (κ3) is 5.52. The maximum Gasteiger partial charge on any atom is 0.164 e. The second kappa shape index (κ2) is 7.18. The molecule has 0 radical (unpaired) electrons. The van der Waals surface area contributed by atoms with E-state index in [1.807, 2.05) is 58.8 Å². The predicted octanol–water partition coefficient (Wildman–Crippen LogP) is 4.43. The van der Waals surface area contributed by atoms with Gasteiger partial charge in [0.2, 0.25) is 0 Å². The standard InChI is InChI=1S/C12H21N2PS3/c1-10(2)17-15(16,18-11(3)4)13-12-8-6-7-9-14(12)5/h6-11H,1-5H3/b13-12+. The van der Waals surface area contributed by atoms with E-state index in [0.717, 1.165) is 5.49 Å². The van der Waals surface area contributed by atoms with Crippen LogP contribution < -0.4 is 5.49 Å². The molecule has 6 heteroatoms. The molecule has 1 aromatic heterocycles. The fraction of sp³-hybridized carbons (Fsp3) is 0.583. The molecule has 0 aliphatic carbocycles. The van der Waals surface area contributed by atoms with Crippen molar-refractivity contribution >= 4 is 39.2 Å². The first-order chi connectivity index (χ1) is 8.32. The summed E-state index contributed by atoms with van der Waals surface area (Å²) in [6.45, 7) is 8.75. The molecule has 2 nitrogen and oxygen atoms in total. The molecule has 0 fully saturated rings. The van der Waals surface area contributed by atoms with E-state index in [4.69, 9.17) is 16.6 Å². The molecular weight excluding hydrogens is 299 g/mol. The second-order valence-corrected chi connectivity index (χ2v) is 16.1. The minimum Gasteiger partial charge on any atom is -0.336 e. The highest BCUT2D eigenvalue weighted by Crippen LogP contribution is 2.72. The van der Waals surface area contributed by atoms with E-state index < -0.39 is 4.59 Å². The van der Waals surface area contributed by atoms with Crippen molar-refractivity contribution in [2.45, 2.75) is 38.2 Å². The first kappa shape index (κ1) is 16.4. The van der Waals surface area contributed by atoms with Crippen molar-refractivity contribution in [1.29, 1.82) is 0 Å². The summed E-state index contributed by atoms with van der Waals surface area (Å²) in [5.74, 6) is 0. The van der Waals surface area contributed by atoms with Crippen molar-refractivity contribution in [3.8, 4) is 0 Å². The largest absolute Gasteiger partial charge is 0.336 e. The third-order valence-corrected chi connectivity index (χ3v) is 11.7. The van der Waals surface area contributed by atoms with Gasteiger partial charge in [-0.15, -0.1) is 0 Å². The van der Waals surface area contributed by atoms with Gasteiger partial charge >= 0.3 is 0 Å². The summed E-state index contributed by atoms with van der Waals surface area (Å²) in [5.41, 5.74) is 0.974. The number of hydrogen-bond acceptors (Lipinski definition) is 3. The molecule has 0 bridgehead atoms. The molecular formula is C12H21N2PS3. The van der Waals surface area contributed by atoms with Crippen LogP contribution in [0.1, 0.15) is 27.7 Å². The molecule has 0 aliphatic rings. The van der Waals surface area contributed by atoms with Crippen molar-refractivity contribution in [3.05, 3.63) is 29.9 Å². The van der Waals surface area contributed by atoms with Crippen molar-refractivity contribution in [1.82, 2.24) is 4.57 Å². The lowest BCUT2D eigenvalue weighted by molar-refractivity contribution is 0.843. The molecule has 0 saturated carbocycles. The third-order valence-electron chi connectivity index (χ3n) is 1.94. The second-order valence-electron chi connectivity index (χ2n) is 4.55. The van der Waals surface area contributed by atoms with Gasteiger partial charge < -0.3 is 4.57 Å². The number of aromatic nitrogens is 1. The molecule has 0 amide bonds. The molecule has 1 rings (SSSR count). The predicted molar refractivity (Wildman–Crippen MR) is 90.7 cm³/mol. The van der Waals surface area contributed by atoms with Gasteiger partial charge in [0.15, 0.2) is 4.59 Å². The van der Waals surface area contributed by atoms with Crippen LogP contribution in [-0.2, 0) is 18.9 Å². The Hall–Kier alpha value is 0.300. The summed E-state index contributed by atoms with van der Waals surface area (Å²) >= 11 is 9.54.